The molecule has 0 heterocycles. The van der Waals surface area contributed by atoms with Crippen molar-refractivity contribution in [3.63, 3.8) is 0 Å². The van der Waals surface area contributed by atoms with E-state index in [9.17, 15) is 4.79 Å². The van der Waals surface area contributed by atoms with Gasteiger partial charge in [0.15, 0.2) is 0 Å². The molecule has 0 saturated heterocycles. The Hall–Kier alpha value is -1.35. The normalized spacial score (nSPS) is 11.5. The maximum absolute atomic E-state index is 12.1. The van der Waals surface area contributed by atoms with Gasteiger partial charge in [0.1, 0.15) is 0 Å². The molecule has 0 saturated carbocycles. The van der Waals surface area contributed by atoms with E-state index in [-0.39, 0.29) is 5.91 Å². The van der Waals surface area contributed by atoms with Crippen LogP contribution in [0.2, 0.25) is 0 Å². The van der Waals surface area contributed by atoms with E-state index in [1.807, 2.05) is 13.8 Å². The van der Waals surface area contributed by atoms with Crippen LogP contribution in [-0.4, -0.2) is 12.5 Å². The summed E-state index contributed by atoms with van der Waals surface area (Å²) in [5.41, 5.74) is 10.1. The summed E-state index contributed by atoms with van der Waals surface area (Å²) in [6, 6.07) is 4.32. The number of rotatable bonds is 5. The van der Waals surface area contributed by atoms with Gasteiger partial charge in [-0.2, -0.15) is 0 Å². The third kappa shape index (κ3) is 4.06. The monoisotopic (exact) mass is 262 g/mol. The molecule has 3 nitrogen and oxygen atoms in total. The summed E-state index contributed by atoms with van der Waals surface area (Å²) < 4.78 is 0. The fourth-order valence-electron chi connectivity index (χ4n) is 2.10. The summed E-state index contributed by atoms with van der Waals surface area (Å²) >= 11 is 0. The van der Waals surface area contributed by atoms with Crippen LogP contribution in [-0.2, 0) is 11.3 Å². The molecule has 0 aliphatic rings. The number of aryl methyl sites for hydroxylation is 3. The molecule has 0 bridgehead atoms. The van der Waals surface area contributed by atoms with Gasteiger partial charge in [-0.1, -0.05) is 26.0 Å². The molecular weight excluding hydrogens is 236 g/mol. The highest BCUT2D eigenvalue weighted by molar-refractivity contribution is 5.81. The fraction of sp³-hybridized carbons (Fsp3) is 0.562. The molecule has 106 valence electrons. The van der Waals surface area contributed by atoms with Crippen molar-refractivity contribution in [2.45, 2.75) is 47.6 Å². The number of hydrogen-bond acceptors (Lipinski definition) is 2. The minimum absolute atomic E-state index is 0.0654. The second-order valence-electron chi connectivity index (χ2n) is 5.97. The lowest BCUT2D eigenvalue weighted by molar-refractivity contribution is -0.129. The van der Waals surface area contributed by atoms with Gasteiger partial charge in [-0.25, -0.2) is 0 Å². The topological polar surface area (TPSA) is 55.1 Å². The predicted molar refractivity (Wildman–Crippen MR) is 80.0 cm³/mol. The Kier molecular flexibility index (Phi) is 5.12. The van der Waals surface area contributed by atoms with Crippen LogP contribution in [0.1, 0.15) is 42.5 Å². The highest BCUT2D eigenvalue weighted by atomic mass is 16.2. The first kappa shape index (κ1) is 15.7. The fourth-order valence-corrected chi connectivity index (χ4v) is 2.10. The standard InChI is InChI=1S/C16H26N2O/c1-11-8-13(3)14(9-12(11)2)10-18-15(19)16(4,5)6-7-17/h8-9H,6-7,10,17H2,1-5H3,(H,18,19). The van der Waals surface area contributed by atoms with E-state index < -0.39 is 5.41 Å². The summed E-state index contributed by atoms with van der Waals surface area (Å²) in [6.07, 6.45) is 0.699. The molecule has 1 aromatic carbocycles. The zero-order valence-electron chi connectivity index (χ0n) is 12.8. The lowest BCUT2D eigenvalue weighted by Crippen LogP contribution is -2.38. The highest BCUT2D eigenvalue weighted by Gasteiger charge is 2.26. The van der Waals surface area contributed by atoms with Gasteiger partial charge in [-0.05, 0) is 56.0 Å². The van der Waals surface area contributed by atoms with E-state index >= 15 is 0 Å². The van der Waals surface area contributed by atoms with E-state index in [4.69, 9.17) is 5.73 Å². The van der Waals surface area contributed by atoms with Gasteiger partial charge in [-0.15, -0.1) is 0 Å². The van der Waals surface area contributed by atoms with Gasteiger partial charge < -0.3 is 11.1 Å². The molecule has 1 rings (SSSR count). The van der Waals surface area contributed by atoms with Gasteiger partial charge in [-0.3, -0.25) is 4.79 Å². The van der Waals surface area contributed by atoms with Crippen LogP contribution in [0.3, 0.4) is 0 Å². The Morgan fingerprint density at radius 1 is 1.16 bits per heavy atom. The van der Waals surface area contributed by atoms with Crippen LogP contribution in [0.25, 0.3) is 0 Å². The first-order valence-electron chi connectivity index (χ1n) is 6.83. The zero-order chi connectivity index (χ0) is 14.6. The van der Waals surface area contributed by atoms with Crippen LogP contribution in [0.15, 0.2) is 12.1 Å². The summed E-state index contributed by atoms with van der Waals surface area (Å²) in [4.78, 5) is 12.1. The molecule has 0 fully saturated rings. The van der Waals surface area contributed by atoms with E-state index in [0.29, 0.717) is 19.5 Å². The second kappa shape index (κ2) is 6.20. The van der Waals surface area contributed by atoms with E-state index in [1.54, 1.807) is 0 Å². The van der Waals surface area contributed by atoms with Crippen molar-refractivity contribution in [3.8, 4) is 0 Å². The third-order valence-corrected chi connectivity index (χ3v) is 3.78. The van der Waals surface area contributed by atoms with Crippen LogP contribution in [0.4, 0.5) is 0 Å². The minimum Gasteiger partial charge on any atom is -0.352 e. The van der Waals surface area contributed by atoms with Crippen molar-refractivity contribution >= 4 is 5.91 Å². The molecule has 0 aliphatic carbocycles. The highest BCUT2D eigenvalue weighted by Crippen LogP contribution is 2.20. The maximum Gasteiger partial charge on any atom is 0.225 e. The number of carbonyl (C=O) groups is 1. The van der Waals surface area contributed by atoms with E-state index in [2.05, 4.69) is 38.2 Å². The molecule has 3 heteroatoms. The SMILES string of the molecule is Cc1cc(C)c(CNC(=O)C(C)(C)CCN)cc1C. The van der Waals surface area contributed by atoms with Crippen molar-refractivity contribution in [2.75, 3.05) is 6.54 Å². The van der Waals surface area contributed by atoms with Gasteiger partial charge in [0.2, 0.25) is 5.91 Å². The van der Waals surface area contributed by atoms with Gasteiger partial charge in [0.05, 0.1) is 0 Å². The average molecular weight is 262 g/mol. The quantitative estimate of drug-likeness (QED) is 0.857. The number of nitrogens with one attached hydrogen (secondary N) is 1. The largest absolute Gasteiger partial charge is 0.352 e. The Balaban J connectivity index is 2.72. The third-order valence-electron chi connectivity index (χ3n) is 3.78. The number of hydrogen-bond donors (Lipinski definition) is 2. The van der Waals surface area contributed by atoms with Crippen molar-refractivity contribution in [1.82, 2.24) is 5.32 Å². The first-order valence-corrected chi connectivity index (χ1v) is 6.83. The maximum atomic E-state index is 12.1. The van der Waals surface area contributed by atoms with Crippen LogP contribution < -0.4 is 11.1 Å². The van der Waals surface area contributed by atoms with Gasteiger partial charge >= 0.3 is 0 Å². The van der Waals surface area contributed by atoms with Crippen LogP contribution in [0.5, 0.6) is 0 Å². The van der Waals surface area contributed by atoms with Crippen molar-refractivity contribution < 1.29 is 4.79 Å². The Bertz CT molecular complexity index is 464. The lowest BCUT2D eigenvalue weighted by Gasteiger charge is -2.23. The number of nitrogens with two attached hydrogens (primary N) is 1. The van der Waals surface area contributed by atoms with Crippen LogP contribution >= 0.6 is 0 Å². The smallest absolute Gasteiger partial charge is 0.225 e. The average Bonchev–Trinajstić information content (AvgIpc) is 2.31. The molecule has 0 spiro atoms. The van der Waals surface area contributed by atoms with E-state index in [0.717, 1.165) is 0 Å². The molecule has 0 atom stereocenters. The molecule has 0 aromatic heterocycles. The Morgan fingerprint density at radius 3 is 2.32 bits per heavy atom. The predicted octanol–water partition coefficient (Wildman–Crippen LogP) is 2.60. The molecule has 19 heavy (non-hydrogen) atoms. The van der Waals surface area contributed by atoms with Crippen molar-refractivity contribution in [1.29, 1.82) is 0 Å². The number of carbonyl (C=O) groups excluding carboxylic acids is 1. The molecule has 1 aromatic rings. The molecule has 0 aliphatic heterocycles. The van der Waals surface area contributed by atoms with Crippen LogP contribution in [0, 0.1) is 26.2 Å². The minimum atomic E-state index is -0.400. The first-order chi connectivity index (χ1) is 8.77. The molecule has 3 N–H and O–H groups in total. The van der Waals surface area contributed by atoms with E-state index in [1.165, 1.54) is 22.3 Å². The zero-order valence-corrected chi connectivity index (χ0v) is 12.8. The summed E-state index contributed by atoms with van der Waals surface area (Å²) in [7, 11) is 0. The second-order valence-corrected chi connectivity index (χ2v) is 5.97. The van der Waals surface area contributed by atoms with Gasteiger partial charge in [0.25, 0.3) is 0 Å². The lowest BCUT2D eigenvalue weighted by atomic mass is 9.88. The van der Waals surface area contributed by atoms with Crippen molar-refractivity contribution in [2.24, 2.45) is 11.1 Å². The van der Waals surface area contributed by atoms with Crippen molar-refractivity contribution in [3.05, 3.63) is 34.4 Å². The molecule has 1 amide bonds. The summed E-state index contributed by atoms with van der Waals surface area (Å²) in [5, 5.41) is 3.02. The molecule has 0 radical (unpaired) electrons. The van der Waals surface area contributed by atoms with Gasteiger partial charge in [0, 0.05) is 12.0 Å². The number of benzene rings is 1. The number of amides is 1. The molecular formula is C16H26N2O. The Morgan fingerprint density at radius 2 is 1.74 bits per heavy atom. The Labute approximate surface area is 116 Å². The summed E-state index contributed by atoms with van der Waals surface area (Å²) in [6.45, 7) is 11.3. The molecule has 0 unspecified atom stereocenters. The summed E-state index contributed by atoms with van der Waals surface area (Å²) in [5.74, 6) is 0.0654.